The second-order valence-corrected chi connectivity index (χ2v) is 11.4. The first-order valence-electron chi connectivity index (χ1n) is 12.9. The van der Waals surface area contributed by atoms with Gasteiger partial charge in [0, 0.05) is 24.9 Å². The van der Waals surface area contributed by atoms with Crippen molar-refractivity contribution in [1.29, 1.82) is 0 Å². The minimum atomic E-state index is -4.41. The molecule has 1 atom stereocenters. The third-order valence-electron chi connectivity index (χ3n) is 6.55. The lowest BCUT2D eigenvalue weighted by molar-refractivity contribution is 0.165. The van der Waals surface area contributed by atoms with E-state index in [0.717, 1.165) is 34.5 Å². The second-order valence-electron chi connectivity index (χ2n) is 9.51. The van der Waals surface area contributed by atoms with Crippen LogP contribution in [0.5, 0.6) is 5.88 Å². The van der Waals surface area contributed by atoms with Crippen molar-refractivity contribution in [3.05, 3.63) is 99.9 Å². The zero-order chi connectivity index (χ0) is 28.2. The highest BCUT2D eigenvalue weighted by atomic mass is 32.2. The van der Waals surface area contributed by atoms with E-state index in [1.807, 2.05) is 63.2 Å². The molecular weight excluding hydrogens is 514 g/mol. The van der Waals surface area contributed by atoms with E-state index in [2.05, 4.69) is 9.97 Å². The van der Waals surface area contributed by atoms with Gasteiger partial charge in [0.2, 0.25) is 15.7 Å². The summed E-state index contributed by atoms with van der Waals surface area (Å²) >= 11 is 0. The third kappa shape index (κ3) is 5.94. The molecule has 0 bridgehead atoms. The average molecular weight is 548 g/mol. The van der Waals surface area contributed by atoms with E-state index in [9.17, 15) is 18.3 Å². The predicted octanol–water partition coefficient (Wildman–Crippen LogP) is 5.04. The predicted molar refractivity (Wildman–Crippen MR) is 150 cm³/mol. The molecule has 2 aromatic heterocycles. The van der Waals surface area contributed by atoms with E-state index in [0.29, 0.717) is 18.7 Å². The molecule has 8 nitrogen and oxygen atoms in total. The van der Waals surface area contributed by atoms with Crippen LogP contribution < -0.4 is 5.56 Å². The van der Waals surface area contributed by atoms with Crippen LogP contribution >= 0.6 is 0 Å². The van der Waals surface area contributed by atoms with E-state index >= 15 is 0 Å². The molecule has 0 aliphatic carbocycles. The lowest BCUT2D eigenvalue weighted by Gasteiger charge is -2.24. The summed E-state index contributed by atoms with van der Waals surface area (Å²) in [6, 6.07) is 18.7. The molecule has 2 aromatic carbocycles. The summed E-state index contributed by atoms with van der Waals surface area (Å²) in [6.45, 7) is 5.91. The van der Waals surface area contributed by atoms with Gasteiger partial charge in [-0.3, -0.25) is 14.3 Å². The van der Waals surface area contributed by atoms with Crippen molar-refractivity contribution in [2.24, 2.45) is 0 Å². The standard InChI is InChI=1S/C30H33N3O5S/c1-5-6-12-27-32-29(34)28(30(35)33(27)26(19-38-4)23-10-8-7-9-11-23)39(36,37)25-15-13-22(14-16-25)24-17-20(2)31-21(3)18-24/h7-11,13-18,26,34H,5-6,12,19H2,1-4H3/t26-/m0/s1. The van der Waals surface area contributed by atoms with Crippen LogP contribution in [0.15, 0.2) is 81.3 Å². The number of aromatic hydroxyl groups is 1. The molecule has 0 saturated carbocycles. The van der Waals surface area contributed by atoms with E-state index < -0.39 is 32.2 Å². The molecule has 1 N–H and O–H groups in total. The minimum absolute atomic E-state index is 0.112. The molecule has 4 rings (SSSR count). The molecule has 0 aliphatic heterocycles. The SMILES string of the molecule is CCCCc1nc(O)c(S(=O)(=O)c2ccc(-c3cc(C)nc(C)c3)cc2)c(=O)n1[C@@H](COC)c1ccccc1. The summed E-state index contributed by atoms with van der Waals surface area (Å²) in [6.07, 6.45) is 1.94. The number of hydrogen-bond acceptors (Lipinski definition) is 7. The van der Waals surface area contributed by atoms with Gasteiger partial charge in [0.15, 0.2) is 4.90 Å². The van der Waals surface area contributed by atoms with Crippen LogP contribution in [0.25, 0.3) is 11.1 Å². The average Bonchev–Trinajstić information content (AvgIpc) is 2.91. The minimum Gasteiger partial charge on any atom is -0.492 e. The Morgan fingerprint density at radius 3 is 2.18 bits per heavy atom. The van der Waals surface area contributed by atoms with Gasteiger partial charge in [-0.1, -0.05) is 55.8 Å². The molecule has 0 fully saturated rings. The highest BCUT2D eigenvalue weighted by molar-refractivity contribution is 7.91. The van der Waals surface area contributed by atoms with E-state index in [4.69, 9.17) is 4.74 Å². The fraction of sp³-hybridized carbons (Fsp3) is 0.300. The second kappa shape index (κ2) is 11.9. The number of sulfone groups is 1. The van der Waals surface area contributed by atoms with Gasteiger partial charge >= 0.3 is 0 Å². The van der Waals surface area contributed by atoms with E-state index in [-0.39, 0.29) is 11.5 Å². The highest BCUT2D eigenvalue weighted by Gasteiger charge is 2.32. The molecule has 4 aromatic rings. The Bertz CT molecular complexity index is 1600. The molecule has 0 aliphatic rings. The molecule has 0 amide bonds. The number of benzene rings is 2. The first kappa shape index (κ1) is 28.2. The maximum absolute atomic E-state index is 14.0. The quantitative estimate of drug-likeness (QED) is 0.296. The normalized spacial score (nSPS) is 12.4. The molecule has 9 heteroatoms. The first-order chi connectivity index (χ1) is 18.7. The van der Waals surface area contributed by atoms with Crippen LogP contribution in [0, 0.1) is 13.8 Å². The zero-order valence-electron chi connectivity index (χ0n) is 22.6. The molecular formula is C30H33N3O5S. The van der Waals surface area contributed by atoms with Gasteiger partial charge in [-0.2, -0.15) is 4.98 Å². The number of methoxy groups -OCH3 is 1. The largest absolute Gasteiger partial charge is 0.492 e. The summed E-state index contributed by atoms with van der Waals surface area (Å²) in [5.41, 5.74) is 3.35. The lowest BCUT2D eigenvalue weighted by atomic mass is 10.1. The Morgan fingerprint density at radius 2 is 1.59 bits per heavy atom. The van der Waals surface area contributed by atoms with Crippen molar-refractivity contribution in [2.45, 2.75) is 55.9 Å². The maximum atomic E-state index is 14.0. The number of ether oxygens (including phenoxy) is 1. The number of rotatable bonds is 10. The highest BCUT2D eigenvalue weighted by Crippen LogP contribution is 2.29. The Labute approximate surface area is 228 Å². The van der Waals surface area contributed by atoms with Crippen molar-refractivity contribution in [1.82, 2.24) is 14.5 Å². The van der Waals surface area contributed by atoms with Crippen LogP contribution in [0.4, 0.5) is 0 Å². The van der Waals surface area contributed by atoms with Gasteiger partial charge in [-0.15, -0.1) is 0 Å². The fourth-order valence-corrected chi connectivity index (χ4v) is 6.06. The van der Waals surface area contributed by atoms with Gasteiger partial charge in [0.25, 0.3) is 5.56 Å². The van der Waals surface area contributed by atoms with Crippen LogP contribution in [0.3, 0.4) is 0 Å². The first-order valence-corrected chi connectivity index (χ1v) is 14.3. The van der Waals surface area contributed by atoms with Crippen molar-refractivity contribution in [3.8, 4) is 17.0 Å². The Morgan fingerprint density at radius 1 is 0.949 bits per heavy atom. The van der Waals surface area contributed by atoms with Gasteiger partial charge in [-0.25, -0.2) is 8.42 Å². The Kier molecular flexibility index (Phi) is 8.62. The summed E-state index contributed by atoms with van der Waals surface area (Å²) in [5, 5.41) is 10.8. The number of unbranched alkanes of at least 4 members (excludes halogenated alkanes) is 1. The molecule has 0 radical (unpaired) electrons. The number of aryl methyl sites for hydroxylation is 3. The number of aromatic nitrogens is 3. The number of pyridine rings is 1. The molecule has 0 spiro atoms. The summed E-state index contributed by atoms with van der Waals surface area (Å²) in [4.78, 5) is 21.7. The fourth-order valence-electron chi connectivity index (χ4n) is 4.72. The molecule has 39 heavy (non-hydrogen) atoms. The molecule has 0 saturated heterocycles. The zero-order valence-corrected chi connectivity index (χ0v) is 23.4. The third-order valence-corrected chi connectivity index (χ3v) is 8.34. The topological polar surface area (TPSA) is 111 Å². The number of nitrogens with zero attached hydrogens (tertiary/aromatic N) is 3. The summed E-state index contributed by atoms with van der Waals surface area (Å²) in [5.74, 6) is -0.487. The van der Waals surface area contributed by atoms with Gasteiger partial charge in [0.1, 0.15) is 5.82 Å². The van der Waals surface area contributed by atoms with E-state index in [1.165, 1.54) is 23.8 Å². The molecule has 2 heterocycles. The Balaban J connectivity index is 1.86. The van der Waals surface area contributed by atoms with E-state index in [1.54, 1.807) is 12.1 Å². The van der Waals surface area contributed by atoms with Crippen molar-refractivity contribution < 1.29 is 18.3 Å². The van der Waals surface area contributed by atoms with Crippen LogP contribution in [-0.4, -0.2) is 41.8 Å². The summed E-state index contributed by atoms with van der Waals surface area (Å²) < 4.78 is 34.3. The maximum Gasteiger partial charge on any atom is 0.277 e. The lowest BCUT2D eigenvalue weighted by Crippen LogP contribution is -2.35. The van der Waals surface area contributed by atoms with Crippen LogP contribution in [0.2, 0.25) is 0 Å². The number of hydrogen-bond donors (Lipinski definition) is 1. The monoisotopic (exact) mass is 547 g/mol. The van der Waals surface area contributed by atoms with Gasteiger partial charge in [-0.05, 0) is 61.2 Å². The van der Waals surface area contributed by atoms with Gasteiger partial charge in [0.05, 0.1) is 17.5 Å². The molecule has 0 unspecified atom stereocenters. The molecule has 204 valence electrons. The van der Waals surface area contributed by atoms with Crippen LogP contribution in [0.1, 0.15) is 48.6 Å². The smallest absolute Gasteiger partial charge is 0.277 e. The van der Waals surface area contributed by atoms with Crippen molar-refractivity contribution >= 4 is 9.84 Å². The Hall–Kier alpha value is -3.82. The van der Waals surface area contributed by atoms with Crippen LogP contribution in [-0.2, 0) is 21.0 Å². The van der Waals surface area contributed by atoms with Crippen molar-refractivity contribution in [3.63, 3.8) is 0 Å². The van der Waals surface area contributed by atoms with Gasteiger partial charge < -0.3 is 9.84 Å². The van der Waals surface area contributed by atoms with Crippen molar-refractivity contribution in [2.75, 3.05) is 13.7 Å². The summed E-state index contributed by atoms with van der Waals surface area (Å²) in [7, 11) is -2.89.